The molecule has 1 amide bonds. The SMILES string of the molecule is Cc1oncc1C(=O)Nc1nn(C)cc1C#N. The molecule has 0 bridgehead atoms. The topological polar surface area (TPSA) is 96.7 Å². The molecule has 0 unspecified atom stereocenters. The van der Waals surface area contributed by atoms with Crippen molar-refractivity contribution in [2.75, 3.05) is 5.32 Å². The lowest BCUT2D eigenvalue weighted by Crippen LogP contribution is -2.13. The highest BCUT2D eigenvalue weighted by atomic mass is 16.5. The first-order valence-electron chi connectivity index (χ1n) is 4.78. The van der Waals surface area contributed by atoms with Crippen LogP contribution in [-0.2, 0) is 7.05 Å². The summed E-state index contributed by atoms with van der Waals surface area (Å²) in [6.07, 6.45) is 2.84. The van der Waals surface area contributed by atoms with Crippen LogP contribution in [0.1, 0.15) is 21.7 Å². The third kappa shape index (κ3) is 2.01. The Labute approximate surface area is 96.6 Å². The van der Waals surface area contributed by atoms with E-state index >= 15 is 0 Å². The van der Waals surface area contributed by atoms with E-state index in [-0.39, 0.29) is 5.82 Å². The first-order valence-corrected chi connectivity index (χ1v) is 4.78. The summed E-state index contributed by atoms with van der Waals surface area (Å²) in [6, 6.07) is 1.94. The molecule has 7 heteroatoms. The summed E-state index contributed by atoms with van der Waals surface area (Å²) < 4.78 is 6.24. The number of aromatic nitrogens is 3. The summed E-state index contributed by atoms with van der Waals surface area (Å²) >= 11 is 0. The average molecular weight is 231 g/mol. The standard InChI is InChI=1S/C10H9N5O2/c1-6-8(4-12-17-6)10(16)13-9-7(3-11)5-15(2)14-9/h4-5H,1-2H3,(H,13,14,16). The Balaban J connectivity index is 2.25. The van der Waals surface area contributed by atoms with Crippen molar-refractivity contribution in [1.29, 1.82) is 5.26 Å². The Morgan fingerprint density at radius 2 is 2.41 bits per heavy atom. The van der Waals surface area contributed by atoms with E-state index in [0.717, 1.165) is 0 Å². The highest BCUT2D eigenvalue weighted by Gasteiger charge is 2.16. The number of nitrogens with one attached hydrogen (secondary N) is 1. The normalized spacial score (nSPS) is 9.94. The molecule has 0 radical (unpaired) electrons. The fraction of sp³-hybridized carbons (Fsp3) is 0.200. The Morgan fingerprint density at radius 1 is 1.65 bits per heavy atom. The maximum atomic E-state index is 11.8. The van der Waals surface area contributed by atoms with Crippen molar-refractivity contribution in [2.45, 2.75) is 6.92 Å². The monoisotopic (exact) mass is 231 g/mol. The lowest BCUT2D eigenvalue weighted by molar-refractivity contribution is 0.102. The van der Waals surface area contributed by atoms with Gasteiger partial charge in [0.2, 0.25) is 0 Å². The number of carbonyl (C=O) groups excluding carboxylic acids is 1. The largest absolute Gasteiger partial charge is 0.361 e. The Kier molecular flexibility index (Phi) is 2.62. The van der Waals surface area contributed by atoms with Crippen molar-refractivity contribution in [3.63, 3.8) is 0 Å². The number of nitriles is 1. The van der Waals surface area contributed by atoms with Gasteiger partial charge < -0.3 is 9.84 Å². The molecule has 0 aliphatic rings. The van der Waals surface area contributed by atoms with Crippen molar-refractivity contribution < 1.29 is 9.32 Å². The van der Waals surface area contributed by atoms with Crippen molar-refractivity contribution in [2.24, 2.45) is 7.05 Å². The average Bonchev–Trinajstić information content (AvgIpc) is 2.84. The van der Waals surface area contributed by atoms with Crippen molar-refractivity contribution >= 4 is 11.7 Å². The van der Waals surface area contributed by atoms with E-state index in [2.05, 4.69) is 15.6 Å². The molecule has 1 N–H and O–H groups in total. The number of anilines is 1. The first-order chi connectivity index (χ1) is 8.11. The van der Waals surface area contributed by atoms with Gasteiger partial charge in [0.1, 0.15) is 23.0 Å². The highest BCUT2D eigenvalue weighted by molar-refractivity contribution is 6.04. The summed E-state index contributed by atoms with van der Waals surface area (Å²) in [4.78, 5) is 11.8. The van der Waals surface area contributed by atoms with Gasteiger partial charge in [0.25, 0.3) is 5.91 Å². The second kappa shape index (κ2) is 4.09. The molecule has 2 heterocycles. The van der Waals surface area contributed by atoms with E-state index < -0.39 is 5.91 Å². The summed E-state index contributed by atoms with van der Waals surface area (Å²) in [5.74, 6) is 0.233. The van der Waals surface area contributed by atoms with Gasteiger partial charge in [0, 0.05) is 13.2 Å². The third-order valence-electron chi connectivity index (χ3n) is 2.18. The summed E-state index contributed by atoms with van der Waals surface area (Å²) in [5.41, 5.74) is 0.620. The van der Waals surface area contributed by atoms with Gasteiger partial charge in [-0.15, -0.1) is 0 Å². The van der Waals surface area contributed by atoms with Gasteiger partial charge in [-0.25, -0.2) is 0 Å². The van der Waals surface area contributed by atoms with Crippen molar-refractivity contribution in [3.05, 3.63) is 29.3 Å². The van der Waals surface area contributed by atoms with Crippen LogP contribution in [0.2, 0.25) is 0 Å². The molecule has 86 valence electrons. The van der Waals surface area contributed by atoms with Crippen LogP contribution >= 0.6 is 0 Å². The molecule has 0 saturated carbocycles. The predicted octanol–water partition coefficient (Wildman–Crippen LogP) is 0.840. The minimum absolute atomic E-state index is 0.223. The molecule has 2 aromatic heterocycles. The maximum absolute atomic E-state index is 11.8. The lowest BCUT2D eigenvalue weighted by atomic mass is 10.2. The highest BCUT2D eigenvalue weighted by Crippen LogP contribution is 2.14. The van der Waals surface area contributed by atoms with Crippen LogP contribution in [0.25, 0.3) is 0 Å². The van der Waals surface area contributed by atoms with Gasteiger partial charge in [-0.05, 0) is 6.92 Å². The van der Waals surface area contributed by atoms with Crippen LogP contribution in [0.5, 0.6) is 0 Å². The molecule has 0 aromatic carbocycles. The molecule has 0 atom stereocenters. The summed E-state index contributed by atoms with van der Waals surface area (Å²) in [7, 11) is 1.67. The van der Waals surface area contributed by atoms with Gasteiger partial charge in [0.15, 0.2) is 5.82 Å². The fourth-order valence-electron chi connectivity index (χ4n) is 1.35. The van der Waals surface area contributed by atoms with Gasteiger partial charge in [-0.1, -0.05) is 5.16 Å². The minimum Gasteiger partial charge on any atom is -0.361 e. The van der Waals surface area contributed by atoms with E-state index in [0.29, 0.717) is 16.9 Å². The third-order valence-corrected chi connectivity index (χ3v) is 2.18. The van der Waals surface area contributed by atoms with Crippen LogP contribution in [0.15, 0.2) is 16.9 Å². The number of nitrogens with zero attached hydrogens (tertiary/aromatic N) is 4. The number of aryl methyl sites for hydroxylation is 2. The van der Waals surface area contributed by atoms with Crippen molar-refractivity contribution in [1.82, 2.24) is 14.9 Å². The van der Waals surface area contributed by atoms with E-state index in [1.54, 1.807) is 14.0 Å². The molecule has 0 aliphatic carbocycles. The molecule has 2 rings (SSSR count). The summed E-state index contributed by atoms with van der Waals surface area (Å²) in [6.45, 7) is 1.63. The molecular weight excluding hydrogens is 222 g/mol. The van der Waals surface area contributed by atoms with Crippen LogP contribution in [0.4, 0.5) is 5.82 Å². The Morgan fingerprint density at radius 3 is 3.00 bits per heavy atom. The van der Waals surface area contributed by atoms with Gasteiger partial charge in [0.05, 0.1) is 6.20 Å². The lowest BCUT2D eigenvalue weighted by Gasteiger charge is -1.99. The number of hydrogen-bond donors (Lipinski definition) is 1. The fourth-order valence-corrected chi connectivity index (χ4v) is 1.35. The van der Waals surface area contributed by atoms with Crippen LogP contribution in [0, 0.1) is 18.3 Å². The van der Waals surface area contributed by atoms with Crippen LogP contribution in [-0.4, -0.2) is 20.8 Å². The van der Waals surface area contributed by atoms with E-state index in [1.165, 1.54) is 17.1 Å². The van der Waals surface area contributed by atoms with E-state index in [4.69, 9.17) is 9.78 Å². The number of hydrogen-bond acceptors (Lipinski definition) is 5. The second-order valence-corrected chi connectivity index (χ2v) is 3.43. The van der Waals surface area contributed by atoms with Crippen LogP contribution < -0.4 is 5.32 Å². The van der Waals surface area contributed by atoms with Crippen LogP contribution in [0.3, 0.4) is 0 Å². The predicted molar refractivity (Wildman–Crippen MR) is 57.1 cm³/mol. The van der Waals surface area contributed by atoms with Gasteiger partial charge in [-0.3, -0.25) is 9.48 Å². The number of carbonyl (C=O) groups is 1. The maximum Gasteiger partial charge on any atom is 0.262 e. The second-order valence-electron chi connectivity index (χ2n) is 3.43. The zero-order valence-electron chi connectivity index (χ0n) is 9.26. The quantitative estimate of drug-likeness (QED) is 0.825. The molecule has 0 fully saturated rings. The van der Waals surface area contributed by atoms with Gasteiger partial charge in [-0.2, -0.15) is 10.4 Å². The zero-order valence-corrected chi connectivity index (χ0v) is 9.26. The number of rotatable bonds is 2. The summed E-state index contributed by atoms with van der Waals surface area (Å²) in [5, 5.41) is 18.9. The van der Waals surface area contributed by atoms with Crippen molar-refractivity contribution in [3.8, 4) is 6.07 Å². The number of amides is 1. The molecular formula is C10H9N5O2. The molecule has 2 aromatic rings. The minimum atomic E-state index is -0.404. The first kappa shape index (κ1) is 10.9. The Bertz CT molecular complexity index is 604. The van der Waals surface area contributed by atoms with Gasteiger partial charge >= 0.3 is 0 Å². The van der Waals surface area contributed by atoms with E-state index in [9.17, 15) is 4.79 Å². The molecule has 0 aliphatic heterocycles. The molecule has 7 nitrogen and oxygen atoms in total. The smallest absolute Gasteiger partial charge is 0.262 e. The molecule has 0 spiro atoms. The molecule has 17 heavy (non-hydrogen) atoms. The van der Waals surface area contributed by atoms with E-state index in [1.807, 2.05) is 6.07 Å². The Hall–Kier alpha value is -2.62. The molecule has 0 saturated heterocycles. The zero-order chi connectivity index (χ0) is 12.4.